The Morgan fingerprint density at radius 3 is 2.46 bits per heavy atom. The zero-order valence-corrected chi connectivity index (χ0v) is 14.9. The molecule has 144 valence electrons. The van der Waals surface area contributed by atoms with Gasteiger partial charge in [0.1, 0.15) is 11.8 Å². The van der Waals surface area contributed by atoms with E-state index in [-0.39, 0.29) is 11.7 Å². The normalized spacial score (nSPS) is 13.0. The Morgan fingerprint density at radius 2 is 1.85 bits per heavy atom. The van der Waals surface area contributed by atoms with Crippen LogP contribution in [0.1, 0.15) is 31.2 Å². The molecule has 0 aliphatic heterocycles. The van der Waals surface area contributed by atoms with Gasteiger partial charge in [-0.2, -0.15) is 0 Å². The first-order valence-electron chi connectivity index (χ1n) is 8.74. The molecule has 26 heavy (non-hydrogen) atoms. The van der Waals surface area contributed by atoms with Crippen LogP contribution in [0, 0.1) is 0 Å². The molecule has 8 heteroatoms. The van der Waals surface area contributed by atoms with Crippen molar-refractivity contribution in [2.45, 2.75) is 44.2 Å². The van der Waals surface area contributed by atoms with E-state index in [1.165, 1.54) is 0 Å². The van der Waals surface area contributed by atoms with Gasteiger partial charge in [-0.1, -0.05) is 30.3 Å². The second kappa shape index (κ2) is 12.0. The molecule has 1 aromatic carbocycles. The van der Waals surface area contributed by atoms with Crippen LogP contribution in [0.15, 0.2) is 35.3 Å². The fourth-order valence-corrected chi connectivity index (χ4v) is 2.52. The molecule has 8 nitrogen and oxygen atoms in total. The summed E-state index contributed by atoms with van der Waals surface area (Å²) in [4.78, 5) is 27.1. The summed E-state index contributed by atoms with van der Waals surface area (Å²) in [6, 6.07) is 8.40. The van der Waals surface area contributed by atoms with E-state index >= 15 is 0 Å². The minimum Gasteiger partial charge on any atom is -0.480 e. The summed E-state index contributed by atoms with van der Waals surface area (Å²) in [5.41, 5.74) is 17.4. The number of hydrogen-bond acceptors (Lipinski definition) is 5. The molecule has 0 spiro atoms. The smallest absolute Gasteiger partial charge is 0.320 e. The average molecular weight is 363 g/mol. The standard InChI is InChI=1S/C18H29N5O3/c19-14(12-13-6-2-1-3-7-13)16(24)9-5-10-22-15(17(25)26)8-4-11-23-18(20)21/h1-3,6-7,14-15,22H,4-5,8-12,19H2,(H,25,26)(H4,20,21,23)/t14-,15+/m1/s1. The van der Waals surface area contributed by atoms with Crippen LogP contribution in [0.2, 0.25) is 0 Å². The molecule has 1 aromatic rings. The van der Waals surface area contributed by atoms with Crippen LogP contribution in [-0.4, -0.2) is 48.0 Å². The van der Waals surface area contributed by atoms with E-state index in [9.17, 15) is 14.7 Å². The highest BCUT2D eigenvalue weighted by Crippen LogP contribution is 2.05. The Kier molecular flexibility index (Phi) is 9.96. The Bertz CT molecular complexity index is 588. The van der Waals surface area contributed by atoms with Gasteiger partial charge in [0.25, 0.3) is 0 Å². The summed E-state index contributed by atoms with van der Waals surface area (Å²) >= 11 is 0. The maximum Gasteiger partial charge on any atom is 0.320 e. The van der Waals surface area contributed by atoms with Crippen molar-refractivity contribution in [3.05, 3.63) is 35.9 Å². The number of hydrogen-bond donors (Lipinski definition) is 5. The zero-order chi connectivity index (χ0) is 19.4. The number of nitrogens with two attached hydrogens (primary N) is 3. The van der Waals surface area contributed by atoms with E-state index in [1.54, 1.807) is 0 Å². The largest absolute Gasteiger partial charge is 0.480 e. The van der Waals surface area contributed by atoms with E-state index in [2.05, 4.69) is 10.3 Å². The molecule has 0 aromatic heterocycles. The molecule has 0 saturated carbocycles. The highest BCUT2D eigenvalue weighted by molar-refractivity contribution is 5.84. The minimum absolute atomic E-state index is 0.00446. The topological polar surface area (TPSA) is 157 Å². The first-order valence-corrected chi connectivity index (χ1v) is 8.74. The highest BCUT2D eigenvalue weighted by Gasteiger charge is 2.17. The summed E-state index contributed by atoms with van der Waals surface area (Å²) in [5, 5.41) is 12.2. The summed E-state index contributed by atoms with van der Waals surface area (Å²) in [7, 11) is 0. The van der Waals surface area contributed by atoms with Gasteiger partial charge in [0.05, 0.1) is 6.04 Å². The van der Waals surface area contributed by atoms with Gasteiger partial charge in [0, 0.05) is 13.0 Å². The molecule has 2 atom stereocenters. The van der Waals surface area contributed by atoms with E-state index < -0.39 is 18.1 Å². The highest BCUT2D eigenvalue weighted by atomic mass is 16.4. The fourth-order valence-electron chi connectivity index (χ4n) is 2.52. The third kappa shape index (κ3) is 9.14. The molecule has 0 aliphatic carbocycles. The Balaban J connectivity index is 2.26. The monoisotopic (exact) mass is 363 g/mol. The molecule has 0 bridgehead atoms. The predicted molar refractivity (Wildman–Crippen MR) is 102 cm³/mol. The molecule has 0 fully saturated rings. The third-order valence-electron chi connectivity index (χ3n) is 3.95. The summed E-state index contributed by atoms with van der Waals surface area (Å²) < 4.78 is 0. The van der Waals surface area contributed by atoms with Crippen LogP contribution >= 0.6 is 0 Å². The van der Waals surface area contributed by atoms with Crippen molar-refractivity contribution >= 4 is 17.7 Å². The number of Topliss-reactive ketones (excluding diaryl/α,β-unsaturated/α-hetero) is 1. The van der Waals surface area contributed by atoms with Crippen LogP contribution in [0.4, 0.5) is 0 Å². The van der Waals surface area contributed by atoms with Crippen molar-refractivity contribution in [2.75, 3.05) is 13.1 Å². The molecule has 1 rings (SSSR count). The lowest BCUT2D eigenvalue weighted by Gasteiger charge is -2.14. The fraction of sp³-hybridized carbons (Fsp3) is 0.500. The van der Waals surface area contributed by atoms with E-state index in [0.29, 0.717) is 45.2 Å². The molecule has 0 saturated heterocycles. The third-order valence-corrected chi connectivity index (χ3v) is 3.95. The van der Waals surface area contributed by atoms with Crippen molar-refractivity contribution in [1.82, 2.24) is 5.32 Å². The van der Waals surface area contributed by atoms with Crippen LogP contribution < -0.4 is 22.5 Å². The van der Waals surface area contributed by atoms with Gasteiger partial charge in [0.2, 0.25) is 0 Å². The number of ketones is 1. The van der Waals surface area contributed by atoms with Crippen molar-refractivity contribution < 1.29 is 14.7 Å². The van der Waals surface area contributed by atoms with Gasteiger partial charge in [0.15, 0.2) is 5.96 Å². The number of carboxylic acid groups (broad SMARTS) is 1. The Morgan fingerprint density at radius 1 is 1.15 bits per heavy atom. The van der Waals surface area contributed by atoms with Gasteiger partial charge in [-0.05, 0) is 37.8 Å². The Labute approximate surface area is 153 Å². The summed E-state index contributed by atoms with van der Waals surface area (Å²) in [5.74, 6) is -0.952. The number of carboxylic acids is 1. The molecule has 8 N–H and O–H groups in total. The zero-order valence-electron chi connectivity index (χ0n) is 14.9. The van der Waals surface area contributed by atoms with Crippen LogP contribution in [0.25, 0.3) is 0 Å². The number of rotatable bonds is 13. The quantitative estimate of drug-likeness (QED) is 0.187. The van der Waals surface area contributed by atoms with E-state index in [1.807, 2.05) is 30.3 Å². The molecule has 0 aliphatic rings. The Hall–Kier alpha value is -2.45. The van der Waals surface area contributed by atoms with Gasteiger partial charge in [-0.25, -0.2) is 0 Å². The summed E-state index contributed by atoms with van der Waals surface area (Å²) in [6.07, 6.45) is 2.34. The number of carbonyl (C=O) groups excluding carboxylic acids is 1. The number of benzene rings is 1. The second-order valence-electron chi connectivity index (χ2n) is 6.16. The van der Waals surface area contributed by atoms with Crippen molar-refractivity contribution in [2.24, 2.45) is 22.2 Å². The van der Waals surface area contributed by atoms with Crippen LogP contribution in [0.5, 0.6) is 0 Å². The van der Waals surface area contributed by atoms with E-state index in [0.717, 1.165) is 5.56 Å². The van der Waals surface area contributed by atoms with Crippen molar-refractivity contribution in [1.29, 1.82) is 0 Å². The van der Waals surface area contributed by atoms with Crippen LogP contribution in [0.3, 0.4) is 0 Å². The predicted octanol–water partition coefficient (Wildman–Crippen LogP) is 0.00210. The number of nitrogens with one attached hydrogen (secondary N) is 1. The lowest BCUT2D eigenvalue weighted by atomic mass is 10.0. The maximum atomic E-state index is 12.1. The van der Waals surface area contributed by atoms with Gasteiger partial charge >= 0.3 is 5.97 Å². The van der Waals surface area contributed by atoms with Gasteiger partial charge in [-0.3, -0.25) is 14.6 Å². The average Bonchev–Trinajstić information content (AvgIpc) is 2.60. The second-order valence-corrected chi connectivity index (χ2v) is 6.16. The first-order chi connectivity index (χ1) is 12.4. The lowest BCUT2D eigenvalue weighted by molar-refractivity contribution is -0.139. The maximum absolute atomic E-state index is 12.1. The number of carbonyl (C=O) groups is 2. The molecular weight excluding hydrogens is 334 g/mol. The van der Waals surface area contributed by atoms with Crippen molar-refractivity contribution in [3.63, 3.8) is 0 Å². The molecule has 0 radical (unpaired) electrons. The van der Waals surface area contributed by atoms with Gasteiger partial charge in [-0.15, -0.1) is 0 Å². The molecule has 0 unspecified atom stereocenters. The SMILES string of the molecule is NC(N)=NCCC[C@H](NCCCC(=O)[C@H](N)Cc1ccccc1)C(=O)O. The van der Waals surface area contributed by atoms with Gasteiger partial charge < -0.3 is 27.6 Å². The number of aliphatic imine (C=N–C) groups is 1. The molecule has 0 amide bonds. The number of nitrogens with zero attached hydrogens (tertiary/aromatic N) is 1. The lowest BCUT2D eigenvalue weighted by Crippen LogP contribution is -2.38. The van der Waals surface area contributed by atoms with Crippen LogP contribution in [-0.2, 0) is 16.0 Å². The summed E-state index contributed by atoms with van der Waals surface area (Å²) in [6.45, 7) is 0.823. The molecule has 0 heterocycles. The number of aliphatic carboxylic acids is 1. The minimum atomic E-state index is -0.929. The first kappa shape index (κ1) is 21.6. The van der Waals surface area contributed by atoms with Crippen molar-refractivity contribution in [3.8, 4) is 0 Å². The van der Waals surface area contributed by atoms with E-state index in [4.69, 9.17) is 17.2 Å². The molecular formula is C18H29N5O3. The number of guanidine groups is 1.